The number of nitrogens with one attached hydrogen (secondary N) is 1. The molecule has 5 nitrogen and oxygen atoms in total. The Bertz CT molecular complexity index is 798. The van der Waals surface area contributed by atoms with Crippen LogP contribution in [0.5, 0.6) is 5.75 Å². The van der Waals surface area contributed by atoms with Crippen LogP contribution in [0.1, 0.15) is 60.6 Å². The molecule has 3 rings (SSSR count). The summed E-state index contributed by atoms with van der Waals surface area (Å²) in [6, 6.07) is 3.97. The summed E-state index contributed by atoms with van der Waals surface area (Å²) in [7, 11) is 0. The minimum Gasteiger partial charge on any atom is -0.507 e. The molecule has 25 heavy (non-hydrogen) atoms. The van der Waals surface area contributed by atoms with E-state index in [0.29, 0.717) is 18.1 Å². The molecule has 0 fully saturated rings. The van der Waals surface area contributed by atoms with Crippen molar-refractivity contribution in [2.24, 2.45) is 5.92 Å². The standard InChI is InChI=1S/C20H27N3O2/c1-11(2)6-7-23-20-18(14(5)22-23)16(10-17(24)21-20)15-8-12(3)19(25)13(4)9-15/h8-9,11,16,25H,6-7,10H2,1-5H3,(H,21,24). The van der Waals surface area contributed by atoms with Crippen LogP contribution in [0.2, 0.25) is 0 Å². The third-order valence-electron chi connectivity index (χ3n) is 5.00. The molecule has 1 amide bonds. The molecule has 1 aromatic carbocycles. The van der Waals surface area contributed by atoms with E-state index in [4.69, 9.17) is 0 Å². The highest BCUT2D eigenvalue weighted by molar-refractivity contribution is 5.94. The van der Waals surface area contributed by atoms with Crippen molar-refractivity contribution >= 4 is 11.7 Å². The number of anilines is 1. The molecule has 0 aliphatic carbocycles. The van der Waals surface area contributed by atoms with E-state index in [-0.39, 0.29) is 11.8 Å². The van der Waals surface area contributed by atoms with E-state index in [1.165, 1.54) is 0 Å². The smallest absolute Gasteiger partial charge is 0.226 e. The number of nitrogens with zero attached hydrogens (tertiary/aromatic N) is 2. The highest BCUT2D eigenvalue weighted by atomic mass is 16.3. The van der Waals surface area contributed by atoms with Crippen molar-refractivity contribution < 1.29 is 9.90 Å². The molecule has 1 aliphatic rings. The second kappa shape index (κ2) is 6.54. The fourth-order valence-corrected chi connectivity index (χ4v) is 3.63. The van der Waals surface area contributed by atoms with Crippen LogP contribution in [0, 0.1) is 26.7 Å². The number of phenols is 1. The first-order valence-electron chi connectivity index (χ1n) is 8.95. The molecule has 2 N–H and O–H groups in total. The lowest BCUT2D eigenvalue weighted by molar-refractivity contribution is -0.116. The molecule has 2 aromatic rings. The predicted molar refractivity (Wildman–Crippen MR) is 99.1 cm³/mol. The Labute approximate surface area is 149 Å². The summed E-state index contributed by atoms with van der Waals surface area (Å²) >= 11 is 0. The average molecular weight is 341 g/mol. The molecule has 1 aromatic heterocycles. The van der Waals surface area contributed by atoms with Crippen LogP contribution in [0.15, 0.2) is 12.1 Å². The Kier molecular flexibility index (Phi) is 4.58. The number of carbonyl (C=O) groups excluding carboxylic acids is 1. The lowest BCUT2D eigenvalue weighted by Crippen LogP contribution is -2.25. The molecule has 134 valence electrons. The second-order valence-corrected chi connectivity index (χ2v) is 7.56. The Morgan fingerprint density at radius 1 is 1.28 bits per heavy atom. The first-order chi connectivity index (χ1) is 11.8. The van der Waals surface area contributed by atoms with Crippen LogP contribution in [0.3, 0.4) is 0 Å². The summed E-state index contributed by atoms with van der Waals surface area (Å²) in [4.78, 5) is 12.3. The van der Waals surface area contributed by atoms with Gasteiger partial charge in [0.25, 0.3) is 0 Å². The molecule has 0 saturated carbocycles. The van der Waals surface area contributed by atoms with Gasteiger partial charge in [0.05, 0.1) is 5.69 Å². The van der Waals surface area contributed by atoms with Crippen molar-refractivity contribution in [2.45, 2.75) is 59.9 Å². The fourth-order valence-electron chi connectivity index (χ4n) is 3.63. The normalized spacial score (nSPS) is 16.9. The minimum absolute atomic E-state index is 0.0189. The van der Waals surface area contributed by atoms with Gasteiger partial charge in [0.15, 0.2) is 0 Å². The molecule has 0 spiro atoms. The van der Waals surface area contributed by atoms with Crippen molar-refractivity contribution in [2.75, 3.05) is 5.32 Å². The molecule has 0 radical (unpaired) electrons. The summed E-state index contributed by atoms with van der Waals surface area (Å²) in [6.45, 7) is 11.0. The van der Waals surface area contributed by atoms with E-state index in [1.807, 2.05) is 37.6 Å². The third-order valence-corrected chi connectivity index (χ3v) is 5.00. The van der Waals surface area contributed by atoms with Crippen LogP contribution < -0.4 is 5.32 Å². The lowest BCUT2D eigenvalue weighted by atomic mass is 9.84. The van der Waals surface area contributed by atoms with Crippen LogP contribution in [0.25, 0.3) is 0 Å². The topological polar surface area (TPSA) is 67.2 Å². The van der Waals surface area contributed by atoms with Gasteiger partial charge < -0.3 is 10.4 Å². The number of fused-ring (bicyclic) bond motifs is 1. The minimum atomic E-state index is -0.0189. The predicted octanol–water partition coefficient (Wildman–Crippen LogP) is 4.03. The van der Waals surface area contributed by atoms with Crippen LogP contribution >= 0.6 is 0 Å². The number of aromatic nitrogens is 2. The number of rotatable bonds is 4. The molecular weight excluding hydrogens is 314 g/mol. The molecule has 2 heterocycles. The number of hydrogen-bond donors (Lipinski definition) is 2. The Hall–Kier alpha value is -2.30. The van der Waals surface area contributed by atoms with Gasteiger partial charge in [0.2, 0.25) is 5.91 Å². The number of carbonyl (C=O) groups is 1. The zero-order valence-corrected chi connectivity index (χ0v) is 15.7. The monoisotopic (exact) mass is 341 g/mol. The van der Waals surface area contributed by atoms with E-state index in [2.05, 4.69) is 24.3 Å². The number of amides is 1. The number of aromatic hydroxyl groups is 1. The quantitative estimate of drug-likeness (QED) is 0.882. The maximum atomic E-state index is 12.3. The molecule has 5 heteroatoms. The maximum absolute atomic E-state index is 12.3. The average Bonchev–Trinajstić information content (AvgIpc) is 2.85. The Morgan fingerprint density at radius 2 is 1.92 bits per heavy atom. The van der Waals surface area contributed by atoms with E-state index < -0.39 is 0 Å². The first-order valence-corrected chi connectivity index (χ1v) is 8.95. The maximum Gasteiger partial charge on any atom is 0.226 e. The molecule has 0 bridgehead atoms. The zero-order chi connectivity index (χ0) is 18.3. The van der Waals surface area contributed by atoms with Crippen molar-refractivity contribution in [3.8, 4) is 5.75 Å². The molecule has 1 aliphatic heterocycles. The van der Waals surface area contributed by atoms with Crippen molar-refractivity contribution in [1.82, 2.24) is 9.78 Å². The van der Waals surface area contributed by atoms with Gasteiger partial charge >= 0.3 is 0 Å². The van der Waals surface area contributed by atoms with Crippen molar-refractivity contribution in [3.05, 3.63) is 40.1 Å². The largest absolute Gasteiger partial charge is 0.507 e. The summed E-state index contributed by atoms with van der Waals surface area (Å²) in [5.74, 6) is 1.75. The molecule has 1 unspecified atom stereocenters. The zero-order valence-electron chi connectivity index (χ0n) is 15.7. The van der Waals surface area contributed by atoms with Crippen molar-refractivity contribution in [1.29, 1.82) is 0 Å². The van der Waals surface area contributed by atoms with Gasteiger partial charge in [0.1, 0.15) is 11.6 Å². The summed E-state index contributed by atoms with van der Waals surface area (Å²) in [5, 5.41) is 17.8. The van der Waals surface area contributed by atoms with Gasteiger partial charge in [-0.05, 0) is 49.8 Å². The van der Waals surface area contributed by atoms with Gasteiger partial charge in [0, 0.05) is 24.4 Å². The Morgan fingerprint density at radius 3 is 2.52 bits per heavy atom. The van der Waals surface area contributed by atoms with E-state index in [0.717, 1.165) is 46.7 Å². The highest BCUT2D eigenvalue weighted by Gasteiger charge is 2.32. The lowest BCUT2D eigenvalue weighted by Gasteiger charge is -2.25. The van der Waals surface area contributed by atoms with Crippen LogP contribution in [0.4, 0.5) is 5.82 Å². The van der Waals surface area contributed by atoms with Gasteiger partial charge in [-0.25, -0.2) is 4.68 Å². The molecular formula is C20H27N3O2. The molecule has 1 atom stereocenters. The second-order valence-electron chi connectivity index (χ2n) is 7.56. The first kappa shape index (κ1) is 17.5. The fraction of sp³-hybridized carbons (Fsp3) is 0.500. The summed E-state index contributed by atoms with van der Waals surface area (Å²) in [5.41, 5.74) is 4.81. The van der Waals surface area contributed by atoms with E-state index in [9.17, 15) is 9.90 Å². The van der Waals surface area contributed by atoms with Crippen molar-refractivity contribution in [3.63, 3.8) is 0 Å². The number of hydrogen-bond acceptors (Lipinski definition) is 3. The number of aryl methyl sites for hydroxylation is 4. The summed E-state index contributed by atoms with van der Waals surface area (Å²) in [6.07, 6.45) is 1.43. The van der Waals surface area contributed by atoms with Crippen LogP contribution in [-0.4, -0.2) is 20.8 Å². The third kappa shape index (κ3) is 3.28. The Balaban J connectivity index is 2.06. The van der Waals surface area contributed by atoms with Gasteiger partial charge in [-0.15, -0.1) is 0 Å². The number of phenolic OH excluding ortho intramolecular Hbond substituents is 1. The van der Waals surface area contributed by atoms with E-state index in [1.54, 1.807) is 0 Å². The van der Waals surface area contributed by atoms with Gasteiger partial charge in [-0.2, -0.15) is 5.10 Å². The molecule has 0 saturated heterocycles. The van der Waals surface area contributed by atoms with Gasteiger partial charge in [-0.1, -0.05) is 26.0 Å². The van der Waals surface area contributed by atoms with E-state index >= 15 is 0 Å². The highest BCUT2D eigenvalue weighted by Crippen LogP contribution is 2.41. The SMILES string of the molecule is Cc1cc(C2CC(=O)Nc3c2c(C)nn3CCC(C)C)cc(C)c1O. The summed E-state index contributed by atoms with van der Waals surface area (Å²) < 4.78 is 1.94. The van der Waals surface area contributed by atoms with Gasteiger partial charge in [-0.3, -0.25) is 4.79 Å². The number of benzene rings is 1. The van der Waals surface area contributed by atoms with Crippen LogP contribution in [-0.2, 0) is 11.3 Å².